The second-order valence-corrected chi connectivity index (χ2v) is 4.36. The van der Waals surface area contributed by atoms with E-state index in [4.69, 9.17) is 0 Å². The largest absolute Gasteiger partial charge is 0.508 e. The fourth-order valence-electron chi connectivity index (χ4n) is 2.22. The number of nitrogens with zero attached hydrogens (tertiary/aromatic N) is 2. The predicted molar refractivity (Wildman–Crippen MR) is 66.7 cm³/mol. The van der Waals surface area contributed by atoms with Crippen molar-refractivity contribution in [3.63, 3.8) is 0 Å². The summed E-state index contributed by atoms with van der Waals surface area (Å²) in [5, 5.41) is 13.1. The van der Waals surface area contributed by atoms with Crippen molar-refractivity contribution in [1.29, 1.82) is 0 Å². The molecule has 0 unspecified atom stereocenters. The minimum Gasteiger partial charge on any atom is -0.508 e. The molecule has 1 heterocycles. The third-order valence-corrected chi connectivity index (χ3v) is 3.01. The summed E-state index contributed by atoms with van der Waals surface area (Å²) in [7, 11) is 0. The van der Waals surface area contributed by atoms with Crippen LogP contribution in [0.2, 0.25) is 0 Å². The molecule has 1 aliphatic heterocycles. The van der Waals surface area contributed by atoms with Crippen LogP contribution >= 0.6 is 0 Å². The van der Waals surface area contributed by atoms with Crippen LogP contribution in [-0.2, 0) is 4.79 Å². The smallest absolute Gasteiger partial charge is 0.238 e. The molecule has 1 N–H and O–H groups in total. The number of hydrazine groups is 1. The van der Waals surface area contributed by atoms with Gasteiger partial charge in [0.2, 0.25) is 5.91 Å². The molecule has 4 heteroatoms. The van der Waals surface area contributed by atoms with Gasteiger partial charge in [0.15, 0.2) is 0 Å². The van der Waals surface area contributed by atoms with Gasteiger partial charge in [-0.05, 0) is 37.1 Å². The first kappa shape index (κ1) is 11.9. The first-order valence-corrected chi connectivity index (χ1v) is 6.03. The summed E-state index contributed by atoms with van der Waals surface area (Å²) in [5.74, 6) is 0.230. The molecule has 0 atom stereocenters. The summed E-state index contributed by atoms with van der Waals surface area (Å²) >= 11 is 0. The van der Waals surface area contributed by atoms with Crippen molar-refractivity contribution in [2.24, 2.45) is 0 Å². The first-order valence-electron chi connectivity index (χ1n) is 6.03. The Kier molecular flexibility index (Phi) is 3.64. The number of benzene rings is 1. The molecule has 1 amide bonds. The lowest BCUT2D eigenvalue weighted by atomic mass is 10.1. The zero-order chi connectivity index (χ0) is 12.3. The first-order chi connectivity index (χ1) is 8.18. The minimum atomic E-state index is 0.0117. The van der Waals surface area contributed by atoms with E-state index in [9.17, 15) is 9.90 Å². The molecule has 0 aromatic heterocycles. The Balaban J connectivity index is 2.21. The van der Waals surface area contributed by atoms with E-state index < -0.39 is 0 Å². The Bertz CT molecular complexity index is 383. The fourth-order valence-corrected chi connectivity index (χ4v) is 2.22. The molecule has 1 aliphatic rings. The van der Waals surface area contributed by atoms with Crippen LogP contribution in [0, 0.1) is 0 Å². The van der Waals surface area contributed by atoms with Gasteiger partial charge < -0.3 is 5.11 Å². The van der Waals surface area contributed by atoms with Crippen LogP contribution < -0.4 is 5.01 Å². The van der Waals surface area contributed by atoms with Crippen LogP contribution in [0.1, 0.15) is 26.2 Å². The Labute approximate surface area is 101 Å². The van der Waals surface area contributed by atoms with Crippen LogP contribution in [0.5, 0.6) is 5.75 Å². The molecule has 1 fully saturated rings. The van der Waals surface area contributed by atoms with Crippen LogP contribution in [0.4, 0.5) is 5.69 Å². The molecule has 17 heavy (non-hydrogen) atoms. The molecular weight excluding hydrogens is 216 g/mol. The maximum atomic E-state index is 11.8. The van der Waals surface area contributed by atoms with Gasteiger partial charge in [-0.15, -0.1) is 0 Å². The highest BCUT2D eigenvalue weighted by Crippen LogP contribution is 2.22. The Morgan fingerprint density at radius 1 is 1.18 bits per heavy atom. The van der Waals surface area contributed by atoms with Gasteiger partial charge in [-0.1, -0.05) is 6.42 Å². The van der Waals surface area contributed by atoms with E-state index in [1.807, 2.05) is 0 Å². The number of rotatable bonds is 2. The van der Waals surface area contributed by atoms with E-state index >= 15 is 0 Å². The van der Waals surface area contributed by atoms with E-state index in [0.29, 0.717) is 0 Å². The SMILES string of the molecule is CC(=O)N(c1ccc(O)cc1)N1CCCCC1. The Hall–Kier alpha value is -1.55. The van der Waals surface area contributed by atoms with Crippen molar-refractivity contribution in [1.82, 2.24) is 5.01 Å². The topological polar surface area (TPSA) is 43.8 Å². The second kappa shape index (κ2) is 5.19. The third kappa shape index (κ3) is 2.77. The van der Waals surface area contributed by atoms with Crippen molar-refractivity contribution < 1.29 is 9.90 Å². The van der Waals surface area contributed by atoms with Gasteiger partial charge in [0.1, 0.15) is 5.75 Å². The number of piperidine rings is 1. The summed E-state index contributed by atoms with van der Waals surface area (Å²) in [5.41, 5.74) is 0.817. The van der Waals surface area contributed by atoms with Crippen LogP contribution in [-0.4, -0.2) is 29.1 Å². The standard InChI is InChI=1S/C13H18N2O2/c1-11(16)15(14-9-3-2-4-10-14)12-5-7-13(17)8-6-12/h5-8,17H,2-4,9-10H2,1H3. The Morgan fingerprint density at radius 2 is 1.76 bits per heavy atom. The molecule has 0 spiro atoms. The number of phenols is 1. The van der Waals surface area contributed by atoms with E-state index in [1.165, 1.54) is 6.42 Å². The number of hydrogen-bond donors (Lipinski definition) is 1. The van der Waals surface area contributed by atoms with E-state index in [1.54, 1.807) is 36.2 Å². The van der Waals surface area contributed by atoms with E-state index in [2.05, 4.69) is 5.01 Å². The third-order valence-electron chi connectivity index (χ3n) is 3.01. The van der Waals surface area contributed by atoms with Gasteiger partial charge in [0.25, 0.3) is 0 Å². The maximum Gasteiger partial charge on any atom is 0.238 e. The maximum absolute atomic E-state index is 11.8. The highest BCUT2D eigenvalue weighted by atomic mass is 16.3. The summed E-state index contributed by atoms with van der Waals surface area (Å²) in [6.45, 7) is 3.41. The van der Waals surface area contributed by atoms with Crippen molar-refractivity contribution in [2.75, 3.05) is 18.1 Å². The molecular formula is C13H18N2O2. The van der Waals surface area contributed by atoms with Crippen LogP contribution in [0.3, 0.4) is 0 Å². The van der Waals surface area contributed by atoms with Crippen molar-refractivity contribution in [3.8, 4) is 5.75 Å². The summed E-state index contributed by atoms with van der Waals surface area (Å²) in [6.07, 6.45) is 3.49. The normalized spacial score (nSPS) is 16.8. The predicted octanol–water partition coefficient (Wildman–Crippen LogP) is 2.15. The summed E-state index contributed by atoms with van der Waals surface area (Å²) in [6, 6.07) is 6.75. The lowest BCUT2D eigenvalue weighted by Gasteiger charge is -2.36. The van der Waals surface area contributed by atoms with E-state index in [-0.39, 0.29) is 11.7 Å². The van der Waals surface area contributed by atoms with Gasteiger partial charge in [-0.2, -0.15) is 0 Å². The molecule has 1 saturated heterocycles. The zero-order valence-corrected chi connectivity index (χ0v) is 10.1. The number of aromatic hydroxyl groups is 1. The minimum absolute atomic E-state index is 0.0117. The quantitative estimate of drug-likeness (QED) is 0.852. The van der Waals surface area contributed by atoms with Crippen molar-refractivity contribution in [3.05, 3.63) is 24.3 Å². The highest BCUT2D eigenvalue weighted by Gasteiger charge is 2.21. The molecule has 0 radical (unpaired) electrons. The number of hydrogen-bond acceptors (Lipinski definition) is 3. The van der Waals surface area contributed by atoms with Gasteiger partial charge in [-0.25, -0.2) is 10.0 Å². The fraction of sp³-hybridized carbons (Fsp3) is 0.462. The molecule has 0 aliphatic carbocycles. The molecule has 0 bridgehead atoms. The monoisotopic (exact) mass is 234 g/mol. The second-order valence-electron chi connectivity index (χ2n) is 4.36. The summed E-state index contributed by atoms with van der Waals surface area (Å²) < 4.78 is 0. The molecule has 0 saturated carbocycles. The lowest BCUT2D eigenvalue weighted by Crippen LogP contribution is -2.48. The molecule has 2 rings (SSSR count). The van der Waals surface area contributed by atoms with Crippen LogP contribution in [0.15, 0.2) is 24.3 Å². The molecule has 1 aromatic carbocycles. The number of carbonyl (C=O) groups is 1. The van der Waals surface area contributed by atoms with Crippen molar-refractivity contribution >= 4 is 11.6 Å². The Morgan fingerprint density at radius 3 is 2.29 bits per heavy atom. The lowest BCUT2D eigenvalue weighted by molar-refractivity contribution is -0.119. The van der Waals surface area contributed by atoms with Gasteiger partial charge in [0.05, 0.1) is 5.69 Å². The van der Waals surface area contributed by atoms with Crippen LogP contribution in [0.25, 0.3) is 0 Å². The molecule has 92 valence electrons. The van der Waals surface area contributed by atoms with Gasteiger partial charge in [-0.3, -0.25) is 4.79 Å². The molecule has 4 nitrogen and oxygen atoms in total. The number of carbonyl (C=O) groups excluding carboxylic acids is 1. The van der Waals surface area contributed by atoms with Gasteiger partial charge in [0, 0.05) is 20.0 Å². The average Bonchev–Trinajstić information content (AvgIpc) is 2.33. The molecule has 1 aromatic rings. The number of anilines is 1. The van der Waals surface area contributed by atoms with Gasteiger partial charge >= 0.3 is 0 Å². The zero-order valence-electron chi connectivity index (χ0n) is 10.1. The highest BCUT2D eigenvalue weighted by molar-refractivity contribution is 5.90. The number of amides is 1. The number of phenolic OH excluding ortho intramolecular Hbond substituents is 1. The van der Waals surface area contributed by atoms with Crippen molar-refractivity contribution in [2.45, 2.75) is 26.2 Å². The average molecular weight is 234 g/mol. The van der Waals surface area contributed by atoms with E-state index in [0.717, 1.165) is 31.6 Å². The summed E-state index contributed by atoms with van der Waals surface area (Å²) in [4.78, 5) is 11.8.